The number of nitrogens with one attached hydrogen (secondary N) is 4. The van der Waals surface area contributed by atoms with Gasteiger partial charge in [-0.1, -0.05) is 24.1 Å². The molecule has 0 bridgehead atoms. The second-order valence-corrected chi connectivity index (χ2v) is 9.19. The van der Waals surface area contributed by atoms with E-state index < -0.39 is 0 Å². The minimum Gasteiger partial charge on any atom is -0.360 e. The summed E-state index contributed by atoms with van der Waals surface area (Å²) >= 11 is 6.12. The predicted molar refractivity (Wildman–Crippen MR) is 132 cm³/mol. The zero-order valence-corrected chi connectivity index (χ0v) is 19.3. The monoisotopic (exact) mass is 479 g/mol. The highest BCUT2D eigenvalue weighted by Gasteiger charge is 2.34. The zero-order valence-electron chi connectivity index (χ0n) is 18.6. The van der Waals surface area contributed by atoms with Gasteiger partial charge in [0.05, 0.1) is 10.9 Å². The maximum Gasteiger partial charge on any atom is 0.321 e. The summed E-state index contributed by atoms with van der Waals surface area (Å²) in [6, 6.07) is 12.3. The molecule has 1 saturated heterocycles. The van der Waals surface area contributed by atoms with Gasteiger partial charge in [-0.25, -0.2) is 4.79 Å². The molecule has 1 saturated carbocycles. The van der Waals surface area contributed by atoms with Crippen molar-refractivity contribution in [2.45, 2.75) is 31.7 Å². The van der Waals surface area contributed by atoms with Crippen LogP contribution in [0, 0.1) is 5.92 Å². The van der Waals surface area contributed by atoms with Gasteiger partial charge in [0.1, 0.15) is 0 Å². The lowest BCUT2D eigenvalue weighted by atomic mass is 10.0. The highest BCUT2D eigenvalue weighted by Crippen LogP contribution is 2.29. The van der Waals surface area contributed by atoms with Crippen molar-refractivity contribution in [2.24, 2.45) is 5.92 Å². The Balaban J connectivity index is 1.22. The van der Waals surface area contributed by atoms with Crippen LogP contribution < -0.4 is 20.9 Å². The smallest absolute Gasteiger partial charge is 0.321 e. The number of urea groups is 1. The van der Waals surface area contributed by atoms with Crippen molar-refractivity contribution in [3.05, 3.63) is 59.2 Å². The van der Waals surface area contributed by atoms with Gasteiger partial charge in [-0.3, -0.25) is 14.5 Å². The average Bonchev–Trinajstić information content (AvgIpc) is 3.46. The fraction of sp³-hybridized carbons (Fsp3) is 0.320. The average molecular weight is 480 g/mol. The predicted octanol–water partition coefficient (Wildman–Crippen LogP) is 4.28. The van der Waals surface area contributed by atoms with Crippen LogP contribution in [0.5, 0.6) is 0 Å². The van der Waals surface area contributed by atoms with Crippen LogP contribution in [0.25, 0.3) is 10.9 Å². The van der Waals surface area contributed by atoms with E-state index in [9.17, 15) is 14.4 Å². The Morgan fingerprint density at radius 2 is 1.88 bits per heavy atom. The van der Waals surface area contributed by atoms with Crippen molar-refractivity contribution in [1.29, 1.82) is 0 Å². The second-order valence-electron chi connectivity index (χ2n) is 8.79. The summed E-state index contributed by atoms with van der Waals surface area (Å²) < 4.78 is 0. The number of hydrogen-bond donors (Lipinski definition) is 4. The van der Waals surface area contributed by atoms with Crippen LogP contribution in [0.15, 0.2) is 48.7 Å². The molecular weight excluding hydrogens is 454 g/mol. The van der Waals surface area contributed by atoms with Gasteiger partial charge in [0.15, 0.2) is 0 Å². The molecule has 5 rings (SSSR count). The quantitative estimate of drug-likeness (QED) is 0.439. The molecule has 1 aromatic heterocycles. The molecule has 176 valence electrons. The Hall–Kier alpha value is -3.52. The van der Waals surface area contributed by atoms with Gasteiger partial charge in [-0.2, -0.15) is 0 Å². The van der Waals surface area contributed by atoms with E-state index in [0.29, 0.717) is 35.8 Å². The van der Waals surface area contributed by atoms with E-state index in [1.807, 2.05) is 18.2 Å². The lowest BCUT2D eigenvalue weighted by Crippen LogP contribution is -2.46. The molecule has 2 atom stereocenters. The fourth-order valence-electron chi connectivity index (χ4n) is 4.77. The van der Waals surface area contributed by atoms with Gasteiger partial charge in [0, 0.05) is 53.2 Å². The van der Waals surface area contributed by atoms with E-state index >= 15 is 0 Å². The van der Waals surface area contributed by atoms with Gasteiger partial charge in [-0.15, -0.1) is 0 Å². The SMILES string of the molecule is O=C(N[C@@H]1CCC[C@@H]1C(=O)Nc1ccc(N2CCCNC2=O)cc1)c1ccc2c(Cl)c[nH]c2c1. The number of benzene rings is 2. The maximum atomic E-state index is 13.0. The third-order valence-electron chi connectivity index (χ3n) is 6.59. The molecule has 1 aliphatic heterocycles. The summed E-state index contributed by atoms with van der Waals surface area (Å²) in [7, 11) is 0. The molecule has 2 aromatic carbocycles. The molecule has 0 spiro atoms. The summed E-state index contributed by atoms with van der Waals surface area (Å²) in [5.74, 6) is -0.625. The number of hydrogen-bond acceptors (Lipinski definition) is 3. The minimum atomic E-state index is -0.305. The normalized spacial score (nSPS) is 20.3. The van der Waals surface area contributed by atoms with Crippen molar-refractivity contribution >= 4 is 51.7 Å². The number of aromatic amines is 1. The molecule has 9 heteroatoms. The first-order valence-electron chi connectivity index (χ1n) is 11.5. The lowest BCUT2D eigenvalue weighted by Gasteiger charge is -2.27. The van der Waals surface area contributed by atoms with Gasteiger partial charge in [0.25, 0.3) is 5.91 Å². The maximum absolute atomic E-state index is 13.0. The van der Waals surface area contributed by atoms with E-state index in [-0.39, 0.29) is 29.8 Å². The van der Waals surface area contributed by atoms with Gasteiger partial charge < -0.3 is 20.9 Å². The van der Waals surface area contributed by atoms with Gasteiger partial charge in [-0.05, 0) is 55.7 Å². The molecule has 0 radical (unpaired) electrons. The molecule has 4 N–H and O–H groups in total. The first-order valence-corrected chi connectivity index (χ1v) is 11.9. The van der Waals surface area contributed by atoms with Crippen molar-refractivity contribution < 1.29 is 14.4 Å². The van der Waals surface area contributed by atoms with Crippen LogP contribution in [0.3, 0.4) is 0 Å². The molecule has 34 heavy (non-hydrogen) atoms. The lowest BCUT2D eigenvalue weighted by molar-refractivity contribution is -0.120. The number of carbonyl (C=O) groups excluding carboxylic acids is 3. The number of nitrogens with zero attached hydrogens (tertiary/aromatic N) is 1. The number of fused-ring (bicyclic) bond motifs is 1. The van der Waals surface area contributed by atoms with Crippen molar-refractivity contribution in [3.63, 3.8) is 0 Å². The standard InChI is InChI=1S/C25H26ClN5O3/c26-20-14-28-22-13-15(5-10-18(20)22)23(32)30-21-4-1-3-19(21)24(33)29-16-6-8-17(9-7-16)31-12-2-11-27-25(31)34/h5-10,13-14,19,21,28H,1-4,11-12H2,(H,27,34)(H,29,33)(H,30,32)/t19-,21+/m0/s1. The van der Waals surface area contributed by atoms with E-state index in [1.54, 1.807) is 35.4 Å². The highest BCUT2D eigenvalue weighted by atomic mass is 35.5. The molecule has 3 aromatic rings. The third-order valence-corrected chi connectivity index (χ3v) is 6.90. The van der Waals surface area contributed by atoms with Crippen molar-refractivity contribution in [2.75, 3.05) is 23.3 Å². The number of anilines is 2. The molecule has 8 nitrogen and oxygen atoms in total. The molecule has 2 heterocycles. The van der Waals surface area contributed by atoms with Crippen molar-refractivity contribution in [3.8, 4) is 0 Å². The summed E-state index contributed by atoms with van der Waals surface area (Å²) in [5.41, 5.74) is 2.78. The molecular formula is C25H26ClN5O3. The number of H-pyrrole nitrogens is 1. The zero-order chi connectivity index (χ0) is 23.7. The second kappa shape index (κ2) is 9.38. The summed E-state index contributed by atoms with van der Waals surface area (Å²) in [5, 5.41) is 10.3. The highest BCUT2D eigenvalue weighted by molar-refractivity contribution is 6.35. The van der Waals surface area contributed by atoms with Crippen LogP contribution in [-0.4, -0.2) is 42.0 Å². The number of halogens is 1. The Morgan fingerprint density at radius 1 is 1.06 bits per heavy atom. The van der Waals surface area contributed by atoms with Crippen molar-refractivity contribution in [1.82, 2.24) is 15.6 Å². The summed E-state index contributed by atoms with van der Waals surface area (Å²) in [4.78, 5) is 42.6. The minimum absolute atomic E-state index is 0.105. The number of aromatic nitrogens is 1. The largest absolute Gasteiger partial charge is 0.360 e. The van der Waals surface area contributed by atoms with Gasteiger partial charge >= 0.3 is 6.03 Å². The first-order chi connectivity index (χ1) is 16.5. The Kier molecular flexibility index (Phi) is 6.15. The third kappa shape index (κ3) is 4.46. The summed E-state index contributed by atoms with van der Waals surface area (Å²) in [6.07, 6.45) is 4.93. The Bertz CT molecular complexity index is 1240. The van der Waals surface area contributed by atoms with Crippen LogP contribution in [0.2, 0.25) is 5.02 Å². The van der Waals surface area contributed by atoms with Crippen LogP contribution >= 0.6 is 11.6 Å². The van der Waals surface area contributed by atoms with E-state index in [1.165, 1.54) is 0 Å². The topological polar surface area (TPSA) is 106 Å². The molecule has 1 aliphatic carbocycles. The number of rotatable bonds is 5. The van der Waals surface area contributed by atoms with E-state index in [4.69, 9.17) is 11.6 Å². The molecule has 4 amide bonds. The fourth-order valence-corrected chi connectivity index (χ4v) is 4.99. The van der Waals surface area contributed by atoms with Gasteiger partial charge in [0.2, 0.25) is 5.91 Å². The van der Waals surface area contributed by atoms with Crippen LogP contribution in [-0.2, 0) is 4.79 Å². The first kappa shape index (κ1) is 22.3. The number of carbonyl (C=O) groups is 3. The number of amides is 4. The van der Waals surface area contributed by atoms with Crippen LogP contribution in [0.4, 0.5) is 16.2 Å². The molecule has 2 aliphatic rings. The summed E-state index contributed by atoms with van der Waals surface area (Å²) in [6.45, 7) is 1.36. The van der Waals surface area contributed by atoms with E-state index in [0.717, 1.165) is 35.9 Å². The molecule has 0 unspecified atom stereocenters. The van der Waals surface area contributed by atoms with E-state index in [2.05, 4.69) is 20.9 Å². The Morgan fingerprint density at radius 3 is 2.68 bits per heavy atom. The molecule has 2 fully saturated rings. The Labute approximate surface area is 202 Å². The van der Waals surface area contributed by atoms with Crippen LogP contribution in [0.1, 0.15) is 36.0 Å².